The standard InChI is InChI=1S/C22H35N3O3.HI/c1-17-10-11-19(18(2)15-17)20-16-25(13-14-28-20)22(23-3)24-12-8-6-5-7-9-21(26)27-4;/h10-11,15,20H,5-9,12-14,16H2,1-4H3,(H,23,24);1H. The minimum absolute atomic E-state index is 0. The van der Waals surface area contributed by atoms with Gasteiger partial charge in [-0.05, 0) is 37.8 Å². The third kappa shape index (κ3) is 8.50. The first-order valence-electron chi connectivity index (χ1n) is 10.3. The zero-order valence-corrected chi connectivity index (χ0v) is 20.5. The lowest BCUT2D eigenvalue weighted by Gasteiger charge is -2.36. The Labute approximate surface area is 192 Å². The molecule has 1 fully saturated rings. The van der Waals surface area contributed by atoms with Crippen molar-refractivity contribution in [3.63, 3.8) is 0 Å². The van der Waals surface area contributed by atoms with Crippen molar-refractivity contribution in [3.05, 3.63) is 34.9 Å². The number of morpholine rings is 1. The molecule has 1 heterocycles. The van der Waals surface area contributed by atoms with Gasteiger partial charge in [-0.1, -0.05) is 36.6 Å². The average Bonchev–Trinajstić information content (AvgIpc) is 2.70. The Bertz CT molecular complexity index is 667. The Morgan fingerprint density at radius 2 is 2.03 bits per heavy atom. The summed E-state index contributed by atoms with van der Waals surface area (Å²) in [5, 5.41) is 3.47. The molecule has 1 aliphatic heterocycles. The number of guanidine groups is 1. The van der Waals surface area contributed by atoms with Crippen LogP contribution < -0.4 is 5.32 Å². The molecule has 0 spiro atoms. The van der Waals surface area contributed by atoms with E-state index in [2.05, 4.69) is 52.0 Å². The van der Waals surface area contributed by atoms with E-state index in [4.69, 9.17) is 4.74 Å². The molecule has 0 radical (unpaired) electrons. The van der Waals surface area contributed by atoms with Crippen molar-refractivity contribution < 1.29 is 14.3 Å². The number of esters is 1. The Morgan fingerprint density at radius 1 is 1.28 bits per heavy atom. The van der Waals surface area contributed by atoms with Gasteiger partial charge in [0.2, 0.25) is 0 Å². The van der Waals surface area contributed by atoms with Gasteiger partial charge in [-0.15, -0.1) is 24.0 Å². The number of hydrogen-bond donors (Lipinski definition) is 1. The largest absolute Gasteiger partial charge is 0.469 e. The maximum absolute atomic E-state index is 11.1. The molecular formula is C22H36IN3O3. The SMILES string of the molecule is CN=C(NCCCCCCC(=O)OC)N1CCOC(c2ccc(C)cc2C)C1.I. The van der Waals surface area contributed by atoms with Crippen LogP contribution in [0.3, 0.4) is 0 Å². The van der Waals surface area contributed by atoms with Gasteiger partial charge < -0.3 is 19.7 Å². The Balaban J connectivity index is 0.00000420. The first kappa shape index (κ1) is 25.7. The van der Waals surface area contributed by atoms with E-state index in [1.54, 1.807) is 0 Å². The van der Waals surface area contributed by atoms with Gasteiger partial charge >= 0.3 is 5.97 Å². The highest BCUT2D eigenvalue weighted by Gasteiger charge is 2.25. The topological polar surface area (TPSA) is 63.2 Å². The number of carbonyl (C=O) groups excluding carboxylic acids is 1. The highest BCUT2D eigenvalue weighted by molar-refractivity contribution is 14.0. The molecule has 0 aromatic heterocycles. The number of nitrogens with zero attached hydrogens (tertiary/aromatic N) is 2. The van der Waals surface area contributed by atoms with Crippen LogP contribution in [-0.4, -0.2) is 57.2 Å². The van der Waals surface area contributed by atoms with E-state index in [9.17, 15) is 4.79 Å². The molecule has 1 aliphatic rings. The second kappa shape index (κ2) is 13.8. The summed E-state index contributed by atoms with van der Waals surface area (Å²) in [6.07, 6.45) is 4.68. The molecule has 1 aromatic rings. The molecule has 29 heavy (non-hydrogen) atoms. The number of benzene rings is 1. The monoisotopic (exact) mass is 517 g/mol. The molecule has 6 nitrogen and oxygen atoms in total. The molecular weight excluding hydrogens is 481 g/mol. The van der Waals surface area contributed by atoms with Crippen LogP contribution in [0, 0.1) is 13.8 Å². The van der Waals surface area contributed by atoms with Crippen molar-refractivity contribution in [2.75, 3.05) is 40.4 Å². The molecule has 1 N–H and O–H groups in total. The number of carbonyl (C=O) groups is 1. The van der Waals surface area contributed by atoms with Gasteiger partial charge in [0.05, 0.1) is 20.3 Å². The molecule has 0 bridgehead atoms. The van der Waals surface area contributed by atoms with Crippen molar-refractivity contribution in [2.45, 2.75) is 52.1 Å². The van der Waals surface area contributed by atoms with Gasteiger partial charge in [-0.25, -0.2) is 0 Å². The molecule has 0 amide bonds. The van der Waals surface area contributed by atoms with E-state index < -0.39 is 0 Å². The first-order valence-corrected chi connectivity index (χ1v) is 10.3. The molecule has 0 saturated carbocycles. The van der Waals surface area contributed by atoms with Crippen molar-refractivity contribution >= 4 is 35.9 Å². The van der Waals surface area contributed by atoms with Crippen molar-refractivity contribution in [2.24, 2.45) is 4.99 Å². The van der Waals surface area contributed by atoms with Gasteiger partial charge in [0, 0.05) is 26.6 Å². The maximum atomic E-state index is 11.1. The first-order chi connectivity index (χ1) is 13.5. The molecule has 1 atom stereocenters. The molecule has 1 aromatic carbocycles. The average molecular weight is 517 g/mol. The second-order valence-corrected chi connectivity index (χ2v) is 7.38. The van der Waals surface area contributed by atoms with Crippen molar-refractivity contribution in [3.8, 4) is 0 Å². The van der Waals surface area contributed by atoms with E-state index in [0.29, 0.717) is 13.0 Å². The molecule has 0 aliphatic carbocycles. The zero-order valence-electron chi connectivity index (χ0n) is 18.2. The van der Waals surface area contributed by atoms with Crippen LogP contribution in [0.25, 0.3) is 0 Å². The zero-order chi connectivity index (χ0) is 20.4. The van der Waals surface area contributed by atoms with Crippen LogP contribution in [0.15, 0.2) is 23.2 Å². The third-order valence-electron chi connectivity index (χ3n) is 5.17. The van der Waals surface area contributed by atoms with E-state index >= 15 is 0 Å². The fraction of sp³-hybridized carbons (Fsp3) is 0.636. The quantitative estimate of drug-likeness (QED) is 0.186. The van der Waals surface area contributed by atoms with Crippen LogP contribution in [-0.2, 0) is 14.3 Å². The van der Waals surface area contributed by atoms with Gasteiger partial charge in [0.1, 0.15) is 6.10 Å². The molecule has 1 saturated heterocycles. The van der Waals surface area contributed by atoms with E-state index in [0.717, 1.165) is 51.3 Å². The lowest BCUT2D eigenvalue weighted by atomic mass is 10.00. The predicted molar refractivity (Wildman–Crippen MR) is 128 cm³/mol. The summed E-state index contributed by atoms with van der Waals surface area (Å²) in [6, 6.07) is 6.55. The number of unbranched alkanes of at least 4 members (excludes halogenated alkanes) is 3. The summed E-state index contributed by atoms with van der Waals surface area (Å²) < 4.78 is 10.7. The number of aryl methyl sites for hydroxylation is 2. The highest BCUT2D eigenvalue weighted by atomic mass is 127. The van der Waals surface area contributed by atoms with E-state index in [-0.39, 0.29) is 36.0 Å². The summed E-state index contributed by atoms with van der Waals surface area (Å²) in [5.41, 5.74) is 3.82. The Morgan fingerprint density at radius 3 is 2.72 bits per heavy atom. The lowest BCUT2D eigenvalue weighted by molar-refractivity contribution is -0.140. The minimum atomic E-state index is -0.121. The van der Waals surface area contributed by atoms with E-state index in [1.165, 1.54) is 23.8 Å². The van der Waals surface area contributed by atoms with E-state index in [1.807, 2.05) is 7.05 Å². The van der Waals surface area contributed by atoms with Crippen LogP contribution in [0.2, 0.25) is 0 Å². The summed E-state index contributed by atoms with van der Waals surface area (Å²) in [5.74, 6) is 0.817. The van der Waals surface area contributed by atoms with Crippen LogP contribution in [0.1, 0.15) is 54.9 Å². The van der Waals surface area contributed by atoms with Gasteiger partial charge in [0.25, 0.3) is 0 Å². The maximum Gasteiger partial charge on any atom is 0.305 e. The number of halogens is 1. The summed E-state index contributed by atoms with van der Waals surface area (Å²) in [4.78, 5) is 17.8. The second-order valence-electron chi connectivity index (χ2n) is 7.38. The summed E-state index contributed by atoms with van der Waals surface area (Å²) >= 11 is 0. The lowest BCUT2D eigenvalue weighted by Crippen LogP contribution is -2.48. The smallest absolute Gasteiger partial charge is 0.305 e. The van der Waals surface area contributed by atoms with Crippen LogP contribution in [0.5, 0.6) is 0 Å². The highest BCUT2D eigenvalue weighted by Crippen LogP contribution is 2.25. The molecule has 1 unspecified atom stereocenters. The Kier molecular flexibility index (Phi) is 12.2. The van der Waals surface area contributed by atoms with Gasteiger partial charge in [-0.3, -0.25) is 9.79 Å². The third-order valence-corrected chi connectivity index (χ3v) is 5.17. The van der Waals surface area contributed by atoms with Gasteiger partial charge in [-0.2, -0.15) is 0 Å². The summed E-state index contributed by atoms with van der Waals surface area (Å²) in [6.45, 7) is 7.51. The Hall–Kier alpha value is -1.35. The van der Waals surface area contributed by atoms with Gasteiger partial charge in [0.15, 0.2) is 5.96 Å². The fourth-order valence-electron chi connectivity index (χ4n) is 3.60. The number of methoxy groups -OCH3 is 1. The van der Waals surface area contributed by atoms with Crippen LogP contribution >= 0.6 is 24.0 Å². The van der Waals surface area contributed by atoms with Crippen molar-refractivity contribution in [1.29, 1.82) is 0 Å². The fourth-order valence-corrected chi connectivity index (χ4v) is 3.60. The number of rotatable bonds is 8. The number of nitrogens with one attached hydrogen (secondary N) is 1. The molecule has 164 valence electrons. The number of hydrogen-bond acceptors (Lipinski definition) is 4. The number of ether oxygens (including phenoxy) is 2. The van der Waals surface area contributed by atoms with Crippen molar-refractivity contribution in [1.82, 2.24) is 10.2 Å². The molecule has 7 heteroatoms. The normalized spacial score (nSPS) is 16.9. The summed E-state index contributed by atoms with van der Waals surface area (Å²) in [7, 11) is 3.27. The number of aliphatic imine (C=N–C) groups is 1. The molecule has 2 rings (SSSR count). The minimum Gasteiger partial charge on any atom is -0.469 e. The predicted octanol–water partition coefficient (Wildman–Crippen LogP) is 3.99. The van der Waals surface area contributed by atoms with Crippen LogP contribution in [0.4, 0.5) is 0 Å².